The van der Waals surface area contributed by atoms with Gasteiger partial charge in [-0.05, 0) is 41.1 Å². The summed E-state index contributed by atoms with van der Waals surface area (Å²) in [5.41, 5.74) is 9.50. The van der Waals surface area contributed by atoms with Crippen LogP contribution in [0.5, 0.6) is 0 Å². The molecule has 0 radical (unpaired) electrons. The zero-order valence-corrected chi connectivity index (χ0v) is 10.9. The van der Waals surface area contributed by atoms with E-state index < -0.39 is 0 Å². The van der Waals surface area contributed by atoms with Crippen LogP contribution in [0.1, 0.15) is 18.5 Å². The van der Waals surface area contributed by atoms with Gasteiger partial charge in [-0.25, -0.2) is 0 Å². The Kier molecular flexibility index (Phi) is 3.02. The summed E-state index contributed by atoms with van der Waals surface area (Å²) in [6, 6.07) is 16.8. The quantitative estimate of drug-likeness (QED) is 0.746. The highest BCUT2D eigenvalue weighted by atomic mass is 14.6. The smallest absolute Gasteiger partial charge is 0.0352 e. The van der Waals surface area contributed by atoms with Crippen molar-refractivity contribution in [3.8, 4) is 11.1 Å². The molecule has 2 N–H and O–H groups in total. The van der Waals surface area contributed by atoms with E-state index in [0.717, 1.165) is 5.56 Å². The van der Waals surface area contributed by atoms with Crippen molar-refractivity contribution in [1.29, 1.82) is 0 Å². The first-order valence-electron chi connectivity index (χ1n) is 6.44. The third-order valence-electron chi connectivity index (χ3n) is 3.41. The average Bonchev–Trinajstić information content (AvgIpc) is 2.47. The number of rotatable bonds is 2. The molecular formula is C17H16N2. The summed E-state index contributed by atoms with van der Waals surface area (Å²) in [5, 5.41) is 2.38. The Labute approximate surface area is 112 Å². The predicted molar refractivity (Wildman–Crippen MR) is 79.8 cm³/mol. The highest BCUT2D eigenvalue weighted by Gasteiger charge is 2.06. The molecule has 3 rings (SSSR count). The monoisotopic (exact) mass is 248 g/mol. The highest BCUT2D eigenvalue weighted by molar-refractivity contribution is 5.96. The van der Waals surface area contributed by atoms with E-state index in [1.807, 2.05) is 25.4 Å². The Balaban J connectivity index is 2.22. The zero-order chi connectivity index (χ0) is 13.2. The van der Waals surface area contributed by atoms with Crippen molar-refractivity contribution in [2.24, 2.45) is 5.73 Å². The summed E-state index contributed by atoms with van der Waals surface area (Å²) in [6.45, 7) is 2.00. The van der Waals surface area contributed by atoms with Crippen molar-refractivity contribution in [3.05, 3.63) is 66.5 Å². The molecule has 0 saturated heterocycles. The lowest BCUT2D eigenvalue weighted by Gasteiger charge is -2.10. The third kappa shape index (κ3) is 2.23. The summed E-state index contributed by atoms with van der Waals surface area (Å²) in [7, 11) is 0. The third-order valence-corrected chi connectivity index (χ3v) is 3.41. The molecule has 0 spiro atoms. The normalized spacial score (nSPS) is 12.5. The number of nitrogens with two attached hydrogens (primary N) is 1. The second kappa shape index (κ2) is 4.82. The van der Waals surface area contributed by atoms with Crippen LogP contribution in [0.4, 0.5) is 0 Å². The Morgan fingerprint density at radius 1 is 1.05 bits per heavy atom. The second-order valence-electron chi connectivity index (χ2n) is 4.82. The molecular weight excluding hydrogens is 232 g/mol. The molecule has 19 heavy (non-hydrogen) atoms. The van der Waals surface area contributed by atoms with E-state index in [1.54, 1.807) is 0 Å². The van der Waals surface area contributed by atoms with Crippen LogP contribution in [0.3, 0.4) is 0 Å². The fourth-order valence-electron chi connectivity index (χ4n) is 2.35. The molecule has 94 valence electrons. The fourth-order valence-corrected chi connectivity index (χ4v) is 2.35. The van der Waals surface area contributed by atoms with E-state index in [2.05, 4.69) is 47.4 Å². The molecule has 3 aromatic rings. The Morgan fingerprint density at radius 2 is 1.89 bits per heavy atom. The first kappa shape index (κ1) is 11.9. The van der Waals surface area contributed by atoms with Gasteiger partial charge in [0.1, 0.15) is 0 Å². The van der Waals surface area contributed by atoms with Gasteiger partial charge in [0, 0.05) is 23.8 Å². The van der Waals surface area contributed by atoms with Gasteiger partial charge < -0.3 is 5.73 Å². The van der Waals surface area contributed by atoms with E-state index in [4.69, 9.17) is 5.73 Å². The zero-order valence-electron chi connectivity index (χ0n) is 10.9. The van der Waals surface area contributed by atoms with Gasteiger partial charge in [0.25, 0.3) is 0 Å². The molecule has 2 heteroatoms. The van der Waals surface area contributed by atoms with Crippen molar-refractivity contribution in [1.82, 2.24) is 4.98 Å². The van der Waals surface area contributed by atoms with Crippen LogP contribution in [0.25, 0.3) is 21.9 Å². The predicted octanol–water partition coefficient (Wildman–Crippen LogP) is 3.92. The maximum atomic E-state index is 5.96. The van der Waals surface area contributed by atoms with Crippen LogP contribution in [-0.2, 0) is 0 Å². The van der Waals surface area contributed by atoms with Crippen molar-refractivity contribution >= 4 is 10.8 Å². The molecule has 1 unspecified atom stereocenters. The fraction of sp³-hybridized carbons (Fsp3) is 0.118. The standard InChI is InChI=1S/C17H16N2/c1-12(18)14-5-2-6-15(10-14)16-7-3-4-13-8-9-19-11-17(13)16/h2-12H,18H2,1H3. The van der Waals surface area contributed by atoms with Crippen LogP contribution in [0.15, 0.2) is 60.9 Å². The van der Waals surface area contributed by atoms with E-state index in [9.17, 15) is 0 Å². The molecule has 1 heterocycles. The molecule has 0 aliphatic carbocycles. The molecule has 1 atom stereocenters. The van der Waals surface area contributed by atoms with E-state index in [0.29, 0.717) is 0 Å². The molecule has 0 aliphatic heterocycles. The number of pyridine rings is 1. The maximum absolute atomic E-state index is 5.96. The van der Waals surface area contributed by atoms with E-state index in [1.165, 1.54) is 21.9 Å². The number of fused-ring (bicyclic) bond motifs is 1. The minimum atomic E-state index is 0.0491. The SMILES string of the molecule is CC(N)c1cccc(-c2cccc3ccncc23)c1. The number of hydrogen-bond acceptors (Lipinski definition) is 2. The van der Waals surface area contributed by atoms with Gasteiger partial charge in [0.2, 0.25) is 0 Å². The number of aromatic nitrogens is 1. The van der Waals surface area contributed by atoms with Crippen LogP contribution >= 0.6 is 0 Å². The lowest BCUT2D eigenvalue weighted by molar-refractivity contribution is 0.819. The van der Waals surface area contributed by atoms with Crippen molar-refractivity contribution in [2.45, 2.75) is 13.0 Å². The van der Waals surface area contributed by atoms with Gasteiger partial charge >= 0.3 is 0 Å². The summed E-state index contributed by atoms with van der Waals surface area (Å²) < 4.78 is 0. The number of hydrogen-bond donors (Lipinski definition) is 1. The maximum Gasteiger partial charge on any atom is 0.0352 e. The van der Waals surface area contributed by atoms with Crippen molar-refractivity contribution in [3.63, 3.8) is 0 Å². The molecule has 0 bridgehead atoms. The number of nitrogens with zero attached hydrogens (tertiary/aromatic N) is 1. The lowest BCUT2D eigenvalue weighted by atomic mass is 9.97. The summed E-state index contributed by atoms with van der Waals surface area (Å²) >= 11 is 0. The average molecular weight is 248 g/mol. The van der Waals surface area contributed by atoms with Crippen LogP contribution < -0.4 is 5.73 Å². The van der Waals surface area contributed by atoms with Gasteiger partial charge in [-0.1, -0.05) is 36.4 Å². The van der Waals surface area contributed by atoms with Crippen LogP contribution in [0, 0.1) is 0 Å². The molecule has 2 nitrogen and oxygen atoms in total. The summed E-state index contributed by atoms with van der Waals surface area (Å²) in [4.78, 5) is 4.23. The van der Waals surface area contributed by atoms with Crippen molar-refractivity contribution in [2.75, 3.05) is 0 Å². The van der Waals surface area contributed by atoms with Crippen LogP contribution in [-0.4, -0.2) is 4.98 Å². The van der Waals surface area contributed by atoms with Crippen molar-refractivity contribution < 1.29 is 0 Å². The van der Waals surface area contributed by atoms with Crippen LogP contribution in [0.2, 0.25) is 0 Å². The molecule has 0 amide bonds. The van der Waals surface area contributed by atoms with Gasteiger partial charge in [-0.2, -0.15) is 0 Å². The Morgan fingerprint density at radius 3 is 2.74 bits per heavy atom. The molecule has 0 fully saturated rings. The summed E-state index contributed by atoms with van der Waals surface area (Å²) in [6.07, 6.45) is 3.74. The second-order valence-corrected chi connectivity index (χ2v) is 4.82. The molecule has 2 aromatic carbocycles. The first-order chi connectivity index (χ1) is 9.25. The first-order valence-corrected chi connectivity index (χ1v) is 6.44. The lowest BCUT2D eigenvalue weighted by Crippen LogP contribution is -2.04. The van der Waals surface area contributed by atoms with Gasteiger partial charge in [-0.15, -0.1) is 0 Å². The largest absolute Gasteiger partial charge is 0.324 e. The highest BCUT2D eigenvalue weighted by Crippen LogP contribution is 2.29. The molecule has 0 saturated carbocycles. The van der Waals surface area contributed by atoms with E-state index in [-0.39, 0.29) is 6.04 Å². The summed E-state index contributed by atoms with van der Waals surface area (Å²) in [5.74, 6) is 0. The Bertz CT molecular complexity index is 712. The number of benzene rings is 2. The van der Waals surface area contributed by atoms with E-state index >= 15 is 0 Å². The van der Waals surface area contributed by atoms with Gasteiger partial charge in [0.05, 0.1) is 0 Å². The Hall–Kier alpha value is -2.19. The minimum absolute atomic E-state index is 0.0491. The minimum Gasteiger partial charge on any atom is -0.324 e. The molecule has 1 aromatic heterocycles. The van der Waals surface area contributed by atoms with Gasteiger partial charge in [-0.3, -0.25) is 4.98 Å². The van der Waals surface area contributed by atoms with Gasteiger partial charge in [0.15, 0.2) is 0 Å². The molecule has 0 aliphatic rings. The topological polar surface area (TPSA) is 38.9 Å².